The number of phenols is 1. The van der Waals surface area contributed by atoms with Gasteiger partial charge in [0.2, 0.25) is 0 Å². The number of nitrogens with one attached hydrogen (secondary N) is 1. The van der Waals surface area contributed by atoms with Crippen LogP contribution in [0.25, 0.3) is 0 Å². The predicted octanol–water partition coefficient (Wildman–Crippen LogP) is 4.83. The minimum Gasteiger partial charge on any atom is -0.508 e. The van der Waals surface area contributed by atoms with Gasteiger partial charge in [-0.25, -0.2) is 0 Å². The van der Waals surface area contributed by atoms with E-state index in [0.29, 0.717) is 11.6 Å². The van der Waals surface area contributed by atoms with Crippen LogP contribution in [-0.2, 0) is 12.1 Å². The third-order valence-electron chi connectivity index (χ3n) is 3.33. The van der Waals surface area contributed by atoms with Crippen molar-refractivity contribution in [2.24, 2.45) is 0 Å². The summed E-state index contributed by atoms with van der Waals surface area (Å²) in [5.74, 6) is 0.258. The molecule has 0 aromatic heterocycles. The van der Waals surface area contributed by atoms with Crippen LogP contribution in [0.4, 0.5) is 0 Å². The van der Waals surface area contributed by atoms with Gasteiger partial charge in [-0.3, -0.25) is 0 Å². The molecule has 20 heavy (non-hydrogen) atoms. The van der Waals surface area contributed by atoms with Gasteiger partial charge in [0.1, 0.15) is 5.75 Å². The van der Waals surface area contributed by atoms with Crippen LogP contribution < -0.4 is 5.32 Å². The van der Waals surface area contributed by atoms with E-state index in [0.717, 1.165) is 10.0 Å². The zero-order chi connectivity index (χ0) is 14.8. The molecule has 0 fully saturated rings. The summed E-state index contributed by atoms with van der Waals surface area (Å²) in [6, 6.07) is 13.3. The molecule has 0 heterocycles. The van der Waals surface area contributed by atoms with Crippen LogP contribution in [-0.4, -0.2) is 5.11 Å². The van der Waals surface area contributed by atoms with Gasteiger partial charge in [0.15, 0.2) is 0 Å². The van der Waals surface area contributed by atoms with Crippen molar-refractivity contribution in [3.63, 3.8) is 0 Å². The first-order valence-electron chi connectivity index (χ1n) is 6.37. The van der Waals surface area contributed by atoms with Gasteiger partial charge in [0.05, 0.1) is 0 Å². The maximum Gasteiger partial charge on any atom is 0.120 e. The average Bonchev–Trinajstić information content (AvgIpc) is 2.40. The van der Waals surface area contributed by atoms with Crippen LogP contribution in [0, 0.1) is 0 Å². The molecule has 0 aliphatic heterocycles. The van der Waals surface area contributed by atoms with E-state index in [9.17, 15) is 5.11 Å². The molecule has 0 unspecified atom stereocenters. The lowest BCUT2D eigenvalue weighted by Crippen LogP contribution is -2.35. The third kappa shape index (κ3) is 3.75. The first-order valence-corrected chi connectivity index (χ1v) is 7.54. The van der Waals surface area contributed by atoms with Crippen molar-refractivity contribution < 1.29 is 5.11 Å². The van der Waals surface area contributed by atoms with E-state index in [2.05, 4.69) is 47.2 Å². The molecule has 0 atom stereocenters. The summed E-state index contributed by atoms with van der Waals surface area (Å²) in [5.41, 5.74) is 1.78. The molecular weight excluding hydrogens is 338 g/mol. The zero-order valence-corrected chi connectivity index (χ0v) is 13.8. The fourth-order valence-corrected chi connectivity index (χ4v) is 2.44. The number of phenolic OH excluding ortho intramolecular Hbond substituents is 1. The Morgan fingerprint density at radius 2 is 1.80 bits per heavy atom. The highest BCUT2D eigenvalue weighted by Crippen LogP contribution is 2.25. The Morgan fingerprint density at radius 1 is 1.15 bits per heavy atom. The Labute approximate surface area is 132 Å². The Kier molecular flexibility index (Phi) is 4.74. The lowest BCUT2D eigenvalue weighted by Gasteiger charge is -2.27. The Morgan fingerprint density at radius 3 is 2.45 bits per heavy atom. The summed E-state index contributed by atoms with van der Waals surface area (Å²) in [7, 11) is 0. The maximum atomic E-state index is 9.83. The minimum absolute atomic E-state index is 0.199. The van der Waals surface area contributed by atoms with Crippen molar-refractivity contribution in [3.05, 3.63) is 63.1 Å². The van der Waals surface area contributed by atoms with Crippen LogP contribution >= 0.6 is 27.5 Å². The molecule has 2 nitrogen and oxygen atoms in total. The van der Waals surface area contributed by atoms with Gasteiger partial charge in [-0.05, 0) is 49.7 Å². The van der Waals surface area contributed by atoms with Crippen molar-refractivity contribution in [3.8, 4) is 5.75 Å². The molecule has 4 heteroatoms. The highest BCUT2D eigenvalue weighted by atomic mass is 79.9. The van der Waals surface area contributed by atoms with Crippen molar-refractivity contribution in [2.45, 2.75) is 25.9 Å². The SMILES string of the molecule is CC(C)(NCc1cc(Cl)ccc1O)c1ccc(Br)cc1. The van der Waals surface area contributed by atoms with E-state index in [1.165, 1.54) is 5.56 Å². The van der Waals surface area contributed by atoms with E-state index in [4.69, 9.17) is 11.6 Å². The highest BCUT2D eigenvalue weighted by Gasteiger charge is 2.20. The second kappa shape index (κ2) is 6.17. The molecule has 0 aliphatic carbocycles. The molecule has 0 amide bonds. The van der Waals surface area contributed by atoms with Crippen LogP contribution in [0.2, 0.25) is 5.02 Å². The van der Waals surface area contributed by atoms with Gasteiger partial charge in [-0.15, -0.1) is 0 Å². The van der Waals surface area contributed by atoms with Gasteiger partial charge in [0.25, 0.3) is 0 Å². The van der Waals surface area contributed by atoms with Crippen molar-refractivity contribution in [1.29, 1.82) is 0 Å². The number of aromatic hydroxyl groups is 1. The van der Waals surface area contributed by atoms with E-state index >= 15 is 0 Å². The number of halogens is 2. The third-order valence-corrected chi connectivity index (χ3v) is 4.09. The quantitative estimate of drug-likeness (QED) is 0.824. The Bertz CT molecular complexity index is 596. The van der Waals surface area contributed by atoms with Gasteiger partial charge < -0.3 is 10.4 Å². The molecule has 0 spiro atoms. The first-order chi connectivity index (χ1) is 9.38. The normalized spacial score (nSPS) is 11.6. The molecule has 106 valence electrons. The standard InChI is InChI=1S/C16H17BrClNO/c1-16(2,12-3-5-13(17)6-4-12)19-10-11-9-14(18)7-8-15(11)20/h3-9,19-20H,10H2,1-2H3. The smallest absolute Gasteiger partial charge is 0.120 e. The van der Waals surface area contributed by atoms with Crippen LogP contribution in [0.3, 0.4) is 0 Å². The molecule has 2 aromatic carbocycles. The topological polar surface area (TPSA) is 32.3 Å². The zero-order valence-electron chi connectivity index (χ0n) is 11.5. The summed E-state index contributed by atoms with van der Waals surface area (Å²) in [4.78, 5) is 0. The summed E-state index contributed by atoms with van der Waals surface area (Å²) in [5, 5.41) is 13.9. The molecule has 0 aliphatic rings. The summed E-state index contributed by atoms with van der Waals surface area (Å²) in [6.07, 6.45) is 0. The lowest BCUT2D eigenvalue weighted by molar-refractivity contribution is 0.392. The van der Waals surface area contributed by atoms with Gasteiger partial charge in [-0.2, -0.15) is 0 Å². The number of rotatable bonds is 4. The number of hydrogen-bond acceptors (Lipinski definition) is 2. The second-order valence-electron chi connectivity index (χ2n) is 5.26. The predicted molar refractivity (Wildman–Crippen MR) is 87.1 cm³/mol. The Balaban J connectivity index is 2.12. The van der Waals surface area contributed by atoms with E-state index in [-0.39, 0.29) is 11.3 Å². The number of hydrogen-bond donors (Lipinski definition) is 2. The second-order valence-corrected chi connectivity index (χ2v) is 6.61. The molecule has 0 bridgehead atoms. The minimum atomic E-state index is -0.199. The van der Waals surface area contributed by atoms with E-state index in [1.807, 2.05) is 12.1 Å². The molecule has 2 aromatic rings. The monoisotopic (exact) mass is 353 g/mol. The van der Waals surface area contributed by atoms with Gasteiger partial charge in [-0.1, -0.05) is 39.7 Å². The van der Waals surface area contributed by atoms with Crippen LogP contribution in [0.5, 0.6) is 5.75 Å². The molecule has 0 saturated carbocycles. The summed E-state index contributed by atoms with van der Waals surface area (Å²) in [6.45, 7) is 4.77. The fraction of sp³-hybridized carbons (Fsp3) is 0.250. The highest BCUT2D eigenvalue weighted by molar-refractivity contribution is 9.10. The fourth-order valence-electron chi connectivity index (χ4n) is 1.98. The largest absolute Gasteiger partial charge is 0.508 e. The van der Waals surface area contributed by atoms with Crippen LogP contribution in [0.1, 0.15) is 25.0 Å². The van der Waals surface area contributed by atoms with Gasteiger partial charge in [0, 0.05) is 27.1 Å². The van der Waals surface area contributed by atoms with E-state index < -0.39 is 0 Å². The first kappa shape index (κ1) is 15.4. The molecule has 2 N–H and O–H groups in total. The summed E-state index contributed by atoms with van der Waals surface area (Å²) < 4.78 is 1.06. The Hall–Kier alpha value is -1.03. The van der Waals surface area contributed by atoms with Crippen LogP contribution in [0.15, 0.2) is 46.9 Å². The maximum absolute atomic E-state index is 9.83. The molecule has 2 rings (SSSR count). The number of benzene rings is 2. The molecular formula is C16H17BrClNO. The van der Waals surface area contributed by atoms with Crippen molar-refractivity contribution in [2.75, 3.05) is 0 Å². The molecule has 0 saturated heterocycles. The van der Waals surface area contributed by atoms with Crippen molar-refractivity contribution in [1.82, 2.24) is 5.32 Å². The van der Waals surface area contributed by atoms with Gasteiger partial charge >= 0.3 is 0 Å². The lowest BCUT2D eigenvalue weighted by atomic mass is 9.94. The summed E-state index contributed by atoms with van der Waals surface area (Å²) >= 11 is 9.39. The van der Waals surface area contributed by atoms with Crippen molar-refractivity contribution >= 4 is 27.5 Å². The average molecular weight is 355 g/mol. The van der Waals surface area contributed by atoms with E-state index in [1.54, 1.807) is 18.2 Å². The molecule has 0 radical (unpaired) electrons.